The SMILES string of the molecule is COC(=O)[C@H](OC)[C@H]1[C@H]([Si](C)(C)c2ccccc2)[C@@H](C)[C@@H](c2ccccc2)N1C(=O)OC. The Balaban J connectivity index is 2.24. The highest BCUT2D eigenvalue weighted by molar-refractivity contribution is 6.91. The topological polar surface area (TPSA) is 65.1 Å². The first-order valence-electron chi connectivity index (χ1n) is 10.9. The van der Waals surface area contributed by atoms with Crippen molar-refractivity contribution in [1.29, 1.82) is 0 Å². The summed E-state index contributed by atoms with van der Waals surface area (Å²) in [7, 11) is 1.99. The van der Waals surface area contributed by atoms with E-state index in [9.17, 15) is 9.59 Å². The van der Waals surface area contributed by atoms with Crippen LogP contribution >= 0.6 is 0 Å². The summed E-state index contributed by atoms with van der Waals surface area (Å²) in [6.45, 7) is 6.76. The summed E-state index contributed by atoms with van der Waals surface area (Å²) in [5.74, 6) is -0.430. The molecule has 32 heavy (non-hydrogen) atoms. The number of carbonyl (C=O) groups is 2. The number of hydrogen-bond donors (Lipinski definition) is 0. The van der Waals surface area contributed by atoms with Crippen LogP contribution in [-0.2, 0) is 19.0 Å². The molecule has 0 radical (unpaired) electrons. The molecule has 1 amide bonds. The highest BCUT2D eigenvalue weighted by Gasteiger charge is 2.59. The van der Waals surface area contributed by atoms with E-state index < -0.39 is 32.3 Å². The molecule has 0 bridgehead atoms. The molecule has 7 heteroatoms. The van der Waals surface area contributed by atoms with Gasteiger partial charge in [-0.15, -0.1) is 0 Å². The maximum Gasteiger partial charge on any atom is 0.410 e. The van der Waals surface area contributed by atoms with Crippen LogP contribution in [0.2, 0.25) is 18.6 Å². The zero-order valence-electron chi connectivity index (χ0n) is 19.6. The van der Waals surface area contributed by atoms with Crippen LogP contribution in [0.15, 0.2) is 60.7 Å². The molecule has 1 aliphatic rings. The van der Waals surface area contributed by atoms with Crippen LogP contribution in [0.25, 0.3) is 0 Å². The van der Waals surface area contributed by atoms with Crippen LogP contribution in [0.5, 0.6) is 0 Å². The number of benzene rings is 2. The van der Waals surface area contributed by atoms with Crippen molar-refractivity contribution in [3.63, 3.8) is 0 Å². The van der Waals surface area contributed by atoms with Crippen LogP contribution in [0.3, 0.4) is 0 Å². The molecule has 0 unspecified atom stereocenters. The number of methoxy groups -OCH3 is 3. The van der Waals surface area contributed by atoms with Gasteiger partial charge in [-0.3, -0.25) is 4.90 Å². The fraction of sp³-hybridized carbons (Fsp3) is 0.440. The number of ether oxygens (including phenoxy) is 3. The number of likely N-dealkylation sites (tertiary alicyclic amines) is 1. The zero-order chi connectivity index (χ0) is 23.5. The summed E-state index contributed by atoms with van der Waals surface area (Å²) < 4.78 is 16.0. The normalized spacial score (nSPS) is 24.1. The maximum absolute atomic E-state index is 13.2. The lowest BCUT2D eigenvalue weighted by Gasteiger charge is -2.39. The van der Waals surface area contributed by atoms with Crippen molar-refractivity contribution in [2.45, 2.75) is 43.7 Å². The Kier molecular flexibility index (Phi) is 7.41. The summed E-state index contributed by atoms with van der Waals surface area (Å²) in [6.07, 6.45) is -1.39. The molecule has 1 aliphatic heterocycles. The van der Waals surface area contributed by atoms with E-state index in [-0.39, 0.29) is 17.5 Å². The summed E-state index contributed by atoms with van der Waals surface area (Å²) in [5.41, 5.74) is 1.02. The Morgan fingerprint density at radius 3 is 1.97 bits per heavy atom. The second-order valence-electron chi connectivity index (χ2n) is 8.88. The van der Waals surface area contributed by atoms with Gasteiger partial charge in [-0.1, -0.05) is 85.9 Å². The first-order chi connectivity index (χ1) is 15.3. The first-order valence-corrected chi connectivity index (χ1v) is 13.9. The van der Waals surface area contributed by atoms with Gasteiger partial charge in [0.1, 0.15) is 0 Å². The van der Waals surface area contributed by atoms with Crippen LogP contribution in [0, 0.1) is 5.92 Å². The fourth-order valence-electron chi connectivity index (χ4n) is 5.54. The second kappa shape index (κ2) is 9.88. The first kappa shape index (κ1) is 24.0. The third-order valence-electron chi connectivity index (χ3n) is 6.93. The standard InChI is InChI=1S/C25H33NO5Si/c1-17-20(18-13-9-7-10-14-18)26(25(28)31-4)21(22(29-2)24(27)30-3)23(17)32(5,6)19-15-11-8-12-16-19/h7-17,20-23H,1-6H3/t17-,20-,21-,22+,23+/m0/s1. The van der Waals surface area contributed by atoms with Crippen molar-refractivity contribution in [2.75, 3.05) is 21.3 Å². The van der Waals surface area contributed by atoms with Gasteiger partial charge in [0.25, 0.3) is 0 Å². The number of carbonyl (C=O) groups excluding carboxylic acids is 2. The van der Waals surface area contributed by atoms with E-state index in [0.717, 1.165) is 5.56 Å². The number of amides is 1. The summed E-state index contributed by atoms with van der Waals surface area (Å²) in [5, 5.41) is 1.26. The summed E-state index contributed by atoms with van der Waals surface area (Å²) in [4.78, 5) is 27.8. The van der Waals surface area contributed by atoms with Gasteiger partial charge < -0.3 is 14.2 Å². The fourth-order valence-corrected chi connectivity index (χ4v) is 9.67. The third kappa shape index (κ3) is 4.19. The molecule has 0 saturated carbocycles. The van der Waals surface area contributed by atoms with E-state index in [4.69, 9.17) is 14.2 Å². The molecule has 172 valence electrons. The van der Waals surface area contributed by atoms with E-state index in [1.165, 1.54) is 26.5 Å². The van der Waals surface area contributed by atoms with Crippen LogP contribution in [0.4, 0.5) is 4.79 Å². The maximum atomic E-state index is 13.2. The molecule has 1 fully saturated rings. The monoisotopic (exact) mass is 455 g/mol. The van der Waals surface area contributed by atoms with Gasteiger partial charge in [-0.2, -0.15) is 0 Å². The van der Waals surface area contributed by atoms with E-state index >= 15 is 0 Å². The molecule has 2 aromatic rings. The average molecular weight is 456 g/mol. The van der Waals surface area contributed by atoms with Crippen LogP contribution < -0.4 is 5.19 Å². The van der Waals surface area contributed by atoms with Crippen molar-refractivity contribution >= 4 is 25.3 Å². The predicted octanol–water partition coefficient (Wildman–Crippen LogP) is 3.99. The van der Waals surface area contributed by atoms with Crippen molar-refractivity contribution in [1.82, 2.24) is 4.90 Å². The van der Waals surface area contributed by atoms with E-state index in [1.54, 1.807) is 4.90 Å². The number of esters is 1. The molecule has 0 aliphatic carbocycles. The Morgan fingerprint density at radius 1 is 0.906 bits per heavy atom. The molecule has 2 aromatic carbocycles. The van der Waals surface area contributed by atoms with Crippen molar-refractivity contribution in [2.24, 2.45) is 5.92 Å². The lowest BCUT2D eigenvalue weighted by atomic mass is 9.94. The van der Waals surface area contributed by atoms with Crippen molar-refractivity contribution < 1.29 is 23.8 Å². The molecule has 0 N–H and O–H groups in total. The Bertz CT molecular complexity index is 920. The highest BCUT2D eigenvalue weighted by atomic mass is 28.3. The average Bonchev–Trinajstić information content (AvgIpc) is 3.13. The minimum atomic E-state index is -2.22. The Hall–Kier alpha value is -2.64. The van der Waals surface area contributed by atoms with Gasteiger partial charge >= 0.3 is 12.1 Å². The highest BCUT2D eigenvalue weighted by Crippen LogP contribution is 2.53. The van der Waals surface area contributed by atoms with Crippen LogP contribution in [0.1, 0.15) is 18.5 Å². The number of hydrogen-bond acceptors (Lipinski definition) is 5. The van der Waals surface area contributed by atoms with Gasteiger partial charge in [0.15, 0.2) is 6.10 Å². The summed E-state index contributed by atoms with van der Waals surface area (Å²) >= 11 is 0. The molecule has 0 spiro atoms. The lowest BCUT2D eigenvalue weighted by Crippen LogP contribution is -2.57. The van der Waals surface area contributed by atoms with Gasteiger partial charge in [0.05, 0.1) is 34.4 Å². The van der Waals surface area contributed by atoms with Crippen LogP contribution in [-0.4, -0.2) is 58.5 Å². The molecule has 1 saturated heterocycles. The van der Waals surface area contributed by atoms with Gasteiger partial charge in [0.2, 0.25) is 0 Å². The molecule has 5 atom stereocenters. The summed E-state index contributed by atoms with van der Waals surface area (Å²) in [6, 6.07) is 19.5. The van der Waals surface area contributed by atoms with Gasteiger partial charge in [-0.05, 0) is 17.0 Å². The largest absolute Gasteiger partial charge is 0.467 e. The third-order valence-corrected chi connectivity index (χ3v) is 11.3. The molecule has 0 aromatic heterocycles. The quantitative estimate of drug-likeness (QED) is 0.487. The Labute approximate surface area is 191 Å². The van der Waals surface area contributed by atoms with Gasteiger partial charge in [-0.25, -0.2) is 9.59 Å². The van der Waals surface area contributed by atoms with Gasteiger partial charge in [0, 0.05) is 7.11 Å². The van der Waals surface area contributed by atoms with Crippen molar-refractivity contribution in [3.05, 3.63) is 66.2 Å². The molecular weight excluding hydrogens is 422 g/mol. The van der Waals surface area contributed by atoms with Crippen molar-refractivity contribution in [3.8, 4) is 0 Å². The predicted molar refractivity (Wildman–Crippen MR) is 127 cm³/mol. The lowest BCUT2D eigenvalue weighted by molar-refractivity contribution is -0.155. The van der Waals surface area contributed by atoms with E-state index in [2.05, 4.69) is 32.2 Å². The number of rotatable bonds is 6. The molecule has 6 nitrogen and oxygen atoms in total. The second-order valence-corrected chi connectivity index (χ2v) is 13.6. The minimum absolute atomic E-state index is 0.0123. The molecule has 3 rings (SSSR count). The zero-order valence-corrected chi connectivity index (χ0v) is 20.6. The molecular formula is C25H33NO5Si. The Morgan fingerprint density at radius 2 is 1.47 bits per heavy atom. The smallest absolute Gasteiger partial charge is 0.410 e. The minimum Gasteiger partial charge on any atom is -0.467 e. The van der Waals surface area contributed by atoms with E-state index in [0.29, 0.717) is 0 Å². The van der Waals surface area contributed by atoms with E-state index in [1.807, 2.05) is 48.5 Å². The number of nitrogens with zero attached hydrogens (tertiary/aromatic N) is 1. The molecule has 1 heterocycles.